The molecule has 1 heterocycles. The highest BCUT2D eigenvalue weighted by Crippen LogP contribution is 2.27. The van der Waals surface area contributed by atoms with Crippen molar-refractivity contribution in [3.05, 3.63) is 29.8 Å². The van der Waals surface area contributed by atoms with E-state index in [-0.39, 0.29) is 25.0 Å². The Morgan fingerprint density at radius 2 is 2.30 bits per heavy atom. The van der Waals surface area contributed by atoms with Crippen LogP contribution in [0.2, 0.25) is 0 Å². The maximum atomic E-state index is 12.3. The van der Waals surface area contributed by atoms with Crippen LogP contribution in [-0.4, -0.2) is 55.9 Å². The van der Waals surface area contributed by atoms with Gasteiger partial charge < -0.3 is 19.5 Å². The van der Waals surface area contributed by atoms with Crippen molar-refractivity contribution >= 4 is 5.91 Å². The van der Waals surface area contributed by atoms with E-state index in [9.17, 15) is 9.90 Å². The number of aliphatic hydroxyl groups excluding tert-OH is 1. The van der Waals surface area contributed by atoms with Gasteiger partial charge >= 0.3 is 0 Å². The molecule has 1 aromatic carbocycles. The lowest BCUT2D eigenvalue weighted by Crippen LogP contribution is -2.42. The molecule has 1 amide bonds. The molecule has 2 rings (SSSR count). The number of para-hydroxylation sites is 1. The molecule has 1 N–H and O–H groups in total. The van der Waals surface area contributed by atoms with Crippen LogP contribution in [0, 0.1) is 5.92 Å². The van der Waals surface area contributed by atoms with Crippen LogP contribution in [0.25, 0.3) is 0 Å². The molecule has 20 heavy (non-hydrogen) atoms. The van der Waals surface area contributed by atoms with Crippen molar-refractivity contribution < 1.29 is 19.4 Å². The first-order chi connectivity index (χ1) is 9.61. The molecule has 0 spiro atoms. The van der Waals surface area contributed by atoms with E-state index < -0.39 is 6.10 Å². The number of carbonyl (C=O) groups is 1. The number of likely N-dealkylation sites (N-methyl/N-ethyl adjacent to an activating group) is 1. The lowest BCUT2D eigenvalue weighted by atomic mass is 9.95. The number of aliphatic hydroxyl groups is 1. The molecular formula is C15H21NO4. The predicted molar refractivity (Wildman–Crippen MR) is 74.7 cm³/mol. The second-order valence-electron chi connectivity index (χ2n) is 5.15. The molecule has 0 bridgehead atoms. The van der Waals surface area contributed by atoms with Gasteiger partial charge in [-0.2, -0.15) is 0 Å². The number of carbonyl (C=O) groups excluding carboxylic acids is 1. The van der Waals surface area contributed by atoms with Crippen LogP contribution in [0.1, 0.15) is 5.56 Å². The number of amides is 1. The van der Waals surface area contributed by atoms with Crippen molar-refractivity contribution in [1.29, 1.82) is 0 Å². The molecule has 0 radical (unpaired) electrons. The zero-order valence-corrected chi connectivity index (χ0v) is 11.9. The first-order valence-electron chi connectivity index (χ1n) is 6.74. The van der Waals surface area contributed by atoms with Crippen LogP contribution >= 0.6 is 0 Å². The van der Waals surface area contributed by atoms with Crippen molar-refractivity contribution in [2.45, 2.75) is 12.5 Å². The Labute approximate surface area is 119 Å². The molecular weight excluding hydrogens is 258 g/mol. The number of methoxy groups -OCH3 is 1. The van der Waals surface area contributed by atoms with Crippen LogP contribution in [0.4, 0.5) is 0 Å². The molecule has 0 aromatic heterocycles. The third-order valence-electron chi connectivity index (χ3n) is 3.45. The molecule has 0 aliphatic carbocycles. The van der Waals surface area contributed by atoms with E-state index in [0.29, 0.717) is 13.0 Å². The van der Waals surface area contributed by atoms with Crippen molar-refractivity contribution in [2.24, 2.45) is 5.92 Å². The zero-order chi connectivity index (χ0) is 14.5. The monoisotopic (exact) mass is 279 g/mol. The van der Waals surface area contributed by atoms with Crippen LogP contribution < -0.4 is 4.74 Å². The number of benzene rings is 1. The fraction of sp³-hybridized carbons (Fsp3) is 0.533. The Bertz CT molecular complexity index is 463. The molecule has 2 atom stereocenters. The fourth-order valence-corrected chi connectivity index (χ4v) is 2.45. The maximum Gasteiger partial charge on any atom is 0.229 e. The van der Waals surface area contributed by atoms with E-state index in [0.717, 1.165) is 11.3 Å². The minimum absolute atomic E-state index is 0.00495. The third-order valence-corrected chi connectivity index (χ3v) is 3.45. The van der Waals surface area contributed by atoms with Gasteiger partial charge in [0.2, 0.25) is 5.91 Å². The molecule has 0 saturated heterocycles. The zero-order valence-electron chi connectivity index (χ0n) is 11.9. The summed E-state index contributed by atoms with van der Waals surface area (Å²) in [6.07, 6.45) is 0.0189. The highest BCUT2D eigenvalue weighted by Gasteiger charge is 2.28. The number of hydrogen-bond donors (Lipinski definition) is 1. The predicted octanol–water partition coefficient (Wildman–Crippen LogP) is 0.703. The Balaban J connectivity index is 1.94. The second-order valence-corrected chi connectivity index (χ2v) is 5.15. The highest BCUT2D eigenvalue weighted by atomic mass is 16.5. The summed E-state index contributed by atoms with van der Waals surface area (Å²) in [5.74, 6) is 0.665. The second kappa shape index (κ2) is 6.72. The minimum atomic E-state index is -0.661. The highest BCUT2D eigenvalue weighted by molar-refractivity contribution is 5.79. The molecule has 2 unspecified atom stereocenters. The quantitative estimate of drug-likeness (QED) is 0.862. The topological polar surface area (TPSA) is 59.0 Å². The van der Waals surface area contributed by atoms with Gasteiger partial charge in [-0.1, -0.05) is 18.2 Å². The summed E-state index contributed by atoms with van der Waals surface area (Å²) in [5, 5.41) is 9.67. The molecule has 0 saturated carbocycles. The van der Waals surface area contributed by atoms with E-state index in [1.54, 1.807) is 11.9 Å². The molecule has 5 heteroatoms. The van der Waals surface area contributed by atoms with E-state index in [2.05, 4.69) is 0 Å². The summed E-state index contributed by atoms with van der Waals surface area (Å²) < 4.78 is 10.5. The van der Waals surface area contributed by atoms with Crippen molar-refractivity contribution in [1.82, 2.24) is 4.90 Å². The van der Waals surface area contributed by atoms with Crippen molar-refractivity contribution in [2.75, 3.05) is 33.9 Å². The minimum Gasteiger partial charge on any atom is -0.492 e. The first kappa shape index (κ1) is 14.8. The van der Waals surface area contributed by atoms with Gasteiger partial charge in [-0.05, 0) is 18.1 Å². The number of nitrogens with zero attached hydrogens (tertiary/aromatic N) is 1. The fourth-order valence-electron chi connectivity index (χ4n) is 2.45. The van der Waals surface area contributed by atoms with Crippen LogP contribution in [0.3, 0.4) is 0 Å². The van der Waals surface area contributed by atoms with Gasteiger partial charge in [0.15, 0.2) is 0 Å². The van der Waals surface area contributed by atoms with Gasteiger partial charge in [0.05, 0.1) is 18.6 Å². The number of rotatable bonds is 5. The molecule has 0 fully saturated rings. The summed E-state index contributed by atoms with van der Waals surface area (Å²) in [6, 6.07) is 7.77. The van der Waals surface area contributed by atoms with Gasteiger partial charge in [-0.25, -0.2) is 0 Å². The summed E-state index contributed by atoms with van der Waals surface area (Å²) >= 11 is 0. The Morgan fingerprint density at radius 1 is 1.55 bits per heavy atom. The lowest BCUT2D eigenvalue weighted by Gasteiger charge is -2.29. The SMILES string of the molecule is COCC(O)CN(C)C(=O)C1COc2ccccc2C1. The maximum absolute atomic E-state index is 12.3. The van der Waals surface area contributed by atoms with Gasteiger partial charge in [-0.3, -0.25) is 4.79 Å². The van der Waals surface area contributed by atoms with Gasteiger partial charge in [0.1, 0.15) is 12.4 Å². The summed E-state index contributed by atoms with van der Waals surface area (Å²) in [4.78, 5) is 13.9. The largest absolute Gasteiger partial charge is 0.492 e. The first-order valence-corrected chi connectivity index (χ1v) is 6.74. The summed E-state index contributed by atoms with van der Waals surface area (Å²) in [5.41, 5.74) is 1.06. The average Bonchev–Trinajstić information content (AvgIpc) is 2.46. The summed E-state index contributed by atoms with van der Waals surface area (Å²) in [6.45, 7) is 0.882. The van der Waals surface area contributed by atoms with Crippen molar-refractivity contribution in [3.63, 3.8) is 0 Å². The molecule has 5 nitrogen and oxygen atoms in total. The molecule has 1 aliphatic heterocycles. The van der Waals surface area contributed by atoms with Crippen LogP contribution in [-0.2, 0) is 16.0 Å². The Morgan fingerprint density at radius 3 is 3.05 bits per heavy atom. The van der Waals surface area contributed by atoms with Gasteiger partial charge in [0.25, 0.3) is 0 Å². The van der Waals surface area contributed by atoms with Crippen LogP contribution in [0.5, 0.6) is 5.75 Å². The third kappa shape index (κ3) is 3.49. The lowest BCUT2D eigenvalue weighted by molar-refractivity contribution is -0.137. The van der Waals surface area contributed by atoms with Gasteiger partial charge in [0, 0.05) is 20.7 Å². The molecule has 110 valence electrons. The Kier molecular flexibility index (Phi) is 4.98. The van der Waals surface area contributed by atoms with E-state index >= 15 is 0 Å². The normalized spacial score (nSPS) is 18.9. The number of ether oxygens (including phenoxy) is 2. The number of hydrogen-bond acceptors (Lipinski definition) is 4. The summed E-state index contributed by atoms with van der Waals surface area (Å²) in [7, 11) is 3.22. The van der Waals surface area contributed by atoms with E-state index in [1.807, 2.05) is 24.3 Å². The van der Waals surface area contributed by atoms with Crippen LogP contribution in [0.15, 0.2) is 24.3 Å². The standard InChI is InChI=1S/C15H21NO4/c1-16(8-13(17)10-19-2)15(18)12-7-11-5-3-4-6-14(11)20-9-12/h3-6,12-13,17H,7-10H2,1-2H3. The smallest absolute Gasteiger partial charge is 0.229 e. The average molecular weight is 279 g/mol. The van der Waals surface area contributed by atoms with Gasteiger partial charge in [-0.15, -0.1) is 0 Å². The van der Waals surface area contributed by atoms with E-state index in [4.69, 9.17) is 9.47 Å². The van der Waals surface area contributed by atoms with Crippen molar-refractivity contribution in [3.8, 4) is 5.75 Å². The molecule has 1 aliphatic rings. The molecule has 1 aromatic rings. The number of fused-ring (bicyclic) bond motifs is 1. The van der Waals surface area contributed by atoms with E-state index in [1.165, 1.54) is 7.11 Å². The Hall–Kier alpha value is -1.59.